The number of quaternary nitrogens is 1. The fourth-order valence-electron chi connectivity index (χ4n) is 0.548. The summed E-state index contributed by atoms with van der Waals surface area (Å²) in [7, 11) is 2.09. The summed E-state index contributed by atoms with van der Waals surface area (Å²) >= 11 is 0. The fraction of sp³-hybridized carbons (Fsp3) is 1.00. The molecular formula is C6H17N2+. The van der Waals surface area contributed by atoms with Crippen LogP contribution in [0.15, 0.2) is 0 Å². The van der Waals surface area contributed by atoms with Crippen molar-refractivity contribution in [1.82, 2.24) is 5.32 Å². The standard InChI is InChI=1S/C6H16N2/c1-3-4-8-6-5-7-2/h7-8H,3-6H2,1-2H3/p+1. The molecule has 0 fully saturated rings. The maximum absolute atomic E-state index is 3.30. The van der Waals surface area contributed by atoms with Crippen LogP contribution in [0.5, 0.6) is 0 Å². The summed E-state index contributed by atoms with van der Waals surface area (Å²) in [5, 5.41) is 5.49. The second kappa shape index (κ2) is 6.92. The van der Waals surface area contributed by atoms with Crippen LogP contribution in [0.4, 0.5) is 0 Å². The summed E-state index contributed by atoms with van der Waals surface area (Å²) < 4.78 is 0. The molecule has 0 aliphatic heterocycles. The lowest BCUT2D eigenvalue weighted by Crippen LogP contribution is -2.81. The quantitative estimate of drug-likeness (QED) is 0.453. The minimum absolute atomic E-state index is 1.14. The molecule has 0 amide bonds. The third kappa shape index (κ3) is 5.92. The van der Waals surface area contributed by atoms with Crippen molar-refractivity contribution in [3.05, 3.63) is 0 Å². The van der Waals surface area contributed by atoms with Gasteiger partial charge in [0, 0.05) is 6.54 Å². The van der Waals surface area contributed by atoms with E-state index in [4.69, 9.17) is 0 Å². The topological polar surface area (TPSA) is 28.6 Å². The number of nitrogens with one attached hydrogen (secondary N) is 1. The van der Waals surface area contributed by atoms with Crippen molar-refractivity contribution in [2.75, 3.05) is 26.7 Å². The third-order valence-corrected chi connectivity index (χ3v) is 1.04. The maximum Gasteiger partial charge on any atom is 0.0880 e. The van der Waals surface area contributed by atoms with Gasteiger partial charge in [-0.2, -0.15) is 0 Å². The van der Waals surface area contributed by atoms with Crippen LogP contribution in [0.25, 0.3) is 0 Å². The van der Waals surface area contributed by atoms with E-state index in [1.54, 1.807) is 0 Å². The molecule has 0 aromatic carbocycles. The largest absolute Gasteiger partial charge is 0.348 e. The van der Waals surface area contributed by atoms with Gasteiger partial charge in [-0.25, -0.2) is 0 Å². The van der Waals surface area contributed by atoms with Gasteiger partial charge in [-0.15, -0.1) is 0 Å². The van der Waals surface area contributed by atoms with Crippen LogP contribution >= 0.6 is 0 Å². The van der Waals surface area contributed by atoms with E-state index in [9.17, 15) is 0 Å². The lowest BCUT2D eigenvalue weighted by atomic mass is 10.5. The molecule has 2 heteroatoms. The zero-order chi connectivity index (χ0) is 6.24. The van der Waals surface area contributed by atoms with Gasteiger partial charge in [-0.3, -0.25) is 0 Å². The van der Waals surface area contributed by atoms with Crippen molar-refractivity contribution >= 4 is 0 Å². The van der Waals surface area contributed by atoms with Gasteiger partial charge >= 0.3 is 0 Å². The molecule has 0 aliphatic rings. The molecular weight excluding hydrogens is 100 g/mol. The van der Waals surface area contributed by atoms with Crippen LogP contribution < -0.4 is 10.6 Å². The van der Waals surface area contributed by atoms with Crippen LogP contribution in [0.1, 0.15) is 13.3 Å². The SMILES string of the molecule is CCCNCC[NH2+]C. The van der Waals surface area contributed by atoms with E-state index in [1.165, 1.54) is 13.0 Å². The van der Waals surface area contributed by atoms with Crippen LogP contribution in [0.2, 0.25) is 0 Å². The Morgan fingerprint density at radius 2 is 2.12 bits per heavy atom. The zero-order valence-corrected chi connectivity index (χ0v) is 5.91. The first-order valence-electron chi connectivity index (χ1n) is 3.40. The smallest absolute Gasteiger partial charge is 0.0880 e. The van der Waals surface area contributed by atoms with E-state index in [1.807, 2.05) is 0 Å². The molecule has 0 unspecified atom stereocenters. The number of hydrogen-bond acceptors (Lipinski definition) is 1. The van der Waals surface area contributed by atoms with E-state index in [-0.39, 0.29) is 0 Å². The van der Waals surface area contributed by atoms with Crippen LogP contribution in [0.3, 0.4) is 0 Å². The Morgan fingerprint density at radius 3 is 2.62 bits per heavy atom. The highest BCUT2D eigenvalue weighted by molar-refractivity contribution is 4.39. The summed E-state index contributed by atoms with van der Waals surface area (Å²) in [4.78, 5) is 0. The van der Waals surface area contributed by atoms with Crippen molar-refractivity contribution in [2.24, 2.45) is 0 Å². The number of hydrogen-bond donors (Lipinski definition) is 2. The Balaban J connectivity index is 2.53. The van der Waals surface area contributed by atoms with Gasteiger partial charge in [-0.05, 0) is 13.0 Å². The summed E-state index contributed by atoms with van der Waals surface area (Å²) in [6.45, 7) is 5.68. The van der Waals surface area contributed by atoms with Gasteiger partial charge in [0.2, 0.25) is 0 Å². The first-order valence-corrected chi connectivity index (χ1v) is 3.40. The molecule has 0 aromatic heterocycles. The van der Waals surface area contributed by atoms with Crippen LogP contribution in [0, 0.1) is 0 Å². The lowest BCUT2D eigenvalue weighted by molar-refractivity contribution is -0.625. The number of likely N-dealkylation sites (N-methyl/N-ethyl adjacent to an activating group) is 1. The molecule has 0 heterocycles. The molecule has 3 N–H and O–H groups in total. The first kappa shape index (κ1) is 7.92. The predicted octanol–water partition coefficient (Wildman–Crippen LogP) is -0.821. The molecule has 0 aromatic rings. The van der Waals surface area contributed by atoms with Crippen molar-refractivity contribution in [3.63, 3.8) is 0 Å². The molecule has 2 nitrogen and oxygen atoms in total. The summed E-state index contributed by atoms with van der Waals surface area (Å²) in [5.74, 6) is 0. The summed E-state index contributed by atoms with van der Waals surface area (Å²) in [5.41, 5.74) is 0. The molecule has 0 rings (SSSR count). The monoisotopic (exact) mass is 117 g/mol. The van der Waals surface area contributed by atoms with Gasteiger partial charge in [0.25, 0.3) is 0 Å². The molecule has 50 valence electrons. The Hall–Kier alpha value is -0.0800. The average molecular weight is 117 g/mol. The van der Waals surface area contributed by atoms with Crippen molar-refractivity contribution < 1.29 is 5.32 Å². The molecule has 8 heavy (non-hydrogen) atoms. The highest BCUT2D eigenvalue weighted by Gasteiger charge is 1.81. The van der Waals surface area contributed by atoms with E-state index in [0.29, 0.717) is 0 Å². The minimum Gasteiger partial charge on any atom is -0.348 e. The van der Waals surface area contributed by atoms with E-state index >= 15 is 0 Å². The molecule has 0 saturated heterocycles. The molecule has 0 aliphatic carbocycles. The molecule has 0 saturated carbocycles. The minimum atomic E-state index is 1.14. The predicted molar refractivity (Wildman–Crippen MR) is 35.9 cm³/mol. The molecule has 0 bridgehead atoms. The molecule has 0 spiro atoms. The Bertz CT molecular complexity index is 31.5. The first-order chi connectivity index (χ1) is 3.91. The highest BCUT2D eigenvalue weighted by Crippen LogP contribution is 1.65. The second-order valence-electron chi connectivity index (χ2n) is 1.95. The Labute approximate surface area is 51.7 Å². The molecule has 0 atom stereocenters. The summed E-state index contributed by atoms with van der Waals surface area (Å²) in [6.07, 6.45) is 1.24. The second-order valence-corrected chi connectivity index (χ2v) is 1.95. The number of nitrogens with two attached hydrogens (primary N) is 1. The van der Waals surface area contributed by atoms with Crippen LogP contribution in [-0.4, -0.2) is 26.7 Å². The fourth-order valence-corrected chi connectivity index (χ4v) is 0.548. The van der Waals surface area contributed by atoms with Gasteiger partial charge in [0.1, 0.15) is 0 Å². The normalized spacial score (nSPS) is 9.75. The van der Waals surface area contributed by atoms with Crippen molar-refractivity contribution in [2.45, 2.75) is 13.3 Å². The Kier molecular flexibility index (Phi) is 6.85. The van der Waals surface area contributed by atoms with Crippen molar-refractivity contribution in [3.8, 4) is 0 Å². The lowest BCUT2D eigenvalue weighted by Gasteiger charge is -1.97. The zero-order valence-electron chi connectivity index (χ0n) is 5.91. The van der Waals surface area contributed by atoms with Crippen molar-refractivity contribution in [1.29, 1.82) is 0 Å². The average Bonchev–Trinajstić information content (AvgIpc) is 1.81. The Morgan fingerprint density at radius 1 is 1.38 bits per heavy atom. The van der Waals surface area contributed by atoms with E-state index in [2.05, 4.69) is 24.6 Å². The van der Waals surface area contributed by atoms with Gasteiger partial charge in [0.05, 0.1) is 13.6 Å². The number of rotatable bonds is 5. The van der Waals surface area contributed by atoms with Crippen LogP contribution in [-0.2, 0) is 0 Å². The van der Waals surface area contributed by atoms with E-state index in [0.717, 1.165) is 13.1 Å². The highest BCUT2D eigenvalue weighted by atomic mass is 14.9. The van der Waals surface area contributed by atoms with Gasteiger partial charge < -0.3 is 10.6 Å². The van der Waals surface area contributed by atoms with E-state index < -0.39 is 0 Å². The summed E-state index contributed by atoms with van der Waals surface area (Å²) in [6, 6.07) is 0. The van der Waals surface area contributed by atoms with Gasteiger partial charge in [-0.1, -0.05) is 6.92 Å². The third-order valence-electron chi connectivity index (χ3n) is 1.04. The maximum atomic E-state index is 3.30. The van der Waals surface area contributed by atoms with Gasteiger partial charge in [0.15, 0.2) is 0 Å². The molecule has 0 radical (unpaired) electrons.